The number of halogens is 3. The summed E-state index contributed by atoms with van der Waals surface area (Å²) in [6, 6.07) is 8.15. The highest BCUT2D eigenvalue weighted by Crippen LogP contribution is 2.31. The van der Waals surface area contributed by atoms with Crippen LogP contribution in [0.5, 0.6) is 0 Å². The van der Waals surface area contributed by atoms with Gasteiger partial charge in [-0.3, -0.25) is 4.72 Å². The van der Waals surface area contributed by atoms with Gasteiger partial charge in [0.15, 0.2) is 0 Å². The molecule has 2 aromatic rings. The molecule has 0 bridgehead atoms. The molecule has 0 aliphatic heterocycles. The van der Waals surface area contributed by atoms with Gasteiger partial charge in [-0.25, -0.2) is 17.2 Å². The minimum atomic E-state index is -4.18. The number of nitrogens with one attached hydrogen (secondary N) is 1. The van der Waals surface area contributed by atoms with Crippen LogP contribution in [0.2, 0.25) is 0 Å². The van der Waals surface area contributed by atoms with Crippen LogP contribution in [0.25, 0.3) is 0 Å². The Labute approximate surface area is 133 Å². The van der Waals surface area contributed by atoms with E-state index in [0.29, 0.717) is 16.6 Å². The lowest BCUT2D eigenvalue weighted by Crippen LogP contribution is -2.16. The van der Waals surface area contributed by atoms with Gasteiger partial charge in [-0.1, -0.05) is 12.1 Å². The number of thioether (sulfide) groups is 1. The quantitative estimate of drug-likeness (QED) is 0.789. The van der Waals surface area contributed by atoms with Crippen molar-refractivity contribution in [2.45, 2.75) is 9.79 Å². The third-order valence-corrected chi connectivity index (χ3v) is 5.71. The fraction of sp³-hybridized carbons (Fsp3) is 0.0769. The first-order valence-corrected chi connectivity index (χ1v) is 9.15. The van der Waals surface area contributed by atoms with Crippen molar-refractivity contribution in [1.82, 2.24) is 0 Å². The van der Waals surface area contributed by atoms with Gasteiger partial charge in [0.1, 0.15) is 16.5 Å². The molecule has 0 saturated heterocycles. The van der Waals surface area contributed by atoms with E-state index in [1.807, 2.05) is 0 Å². The number of hydrogen-bond acceptors (Lipinski definition) is 3. The summed E-state index contributed by atoms with van der Waals surface area (Å²) < 4.78 is 53.6. The number of anilines is 1. The number of para-hydroxylation sites is 1. The fourth-order valence-corrected chi connectivity index (χ4v) is 4.58. The summed E-state index contributed by atoms with van der Waals surface area (Å²) in [4.78, 5) is 0.0690. The summed E-state index contributed by atoms with van der Waals surface area (Å²) in [7, 11) is -4.18. The van der Waals surface area contributed by atoms with Gasteiger partial charge >= 0.3 is 0 Å². The van der Waals surface area contributed by atoms with Gasteiger partial charge in [0, 0.05) is 15.4 Å². The molecular formula is C13H10BrF2NO2S2. The van der Waals surface area contributed by atoms with Crippen molar-refractivity contribution in [3.8, 4) is 0 Å². The minimum absolute atomic E-state index is 0.172. The average molecular weight is 394 g/mol. The zero-order valence-electron chi connectivity index (χ0n) is 10.7. The number of hydrogen-bond donors (Lipinski definition) is 1. The van der Waals surface area contributed by atoms with Crippen LogP contribution in [0.4, 0.5) is 14.5 Å². The van der Waals surface area contributed by atoms with Crippen LogP contribution >= 0.6 is 27.7 Å². The number of benzene rings is 2. The van der Waals surface area contributed by atoms with Crippen LogP contribution in [0, 0.1) is 11.6 Å². The van der Waals surface area contributed by atoms with Crippen molar-refractivity contribution in [1.29, 1.82) is 0 Å². The maximum absolute atomic E-state index is 13.8. The van der Waals surface area contributed by atoms with E-state index in [2.05, 4.69) is 20.7 Å². The van der Waals surface area contributed by atoms with Crippen LogP contribution in [0.1, 0.15) is 0 Å². The van der Waals surface area contributed by atoms with Crippen molar-refractivity contribution < 1.29 is 17.2 Å². The molecule has 0 spiro atoms. The zero-order chi connectivity index (χ0) is 15.6. The molecule has 112 valence electrons. The van der Waals surface area contributed by atoms with E-state index in [0.717, 1.165) is 6.07 Å². The molecule has 0 aliphatic carbocycles. The Bertz CT molecular complexity index is 758. The Hall–Kier alpha value is -1.12. The number of rotatable bonds is 4. The molecule has 1 N–H and O–H groups in total. The SMILES string of the molecule is CSc1ccccc1NS(=O)(=O)c1c(F)cc(F)cc1Br. The third kappa shape index (κ3) is 3.56. The van der Waals surface area contributed by atoms with Gasteiger partial charge in [-0.15, -0.1) is 11.8 Å². The molecule has 0 aliphatic rings. The first-order valence-electron chi connectivity index (χ1n) is 5.65. The van der Waals surface area contributed by atoms with Crippen molar-refractivity contribution in [3.05, 3.63) is 52.5 Å². The molecule has 8 heteroatoms. The average Bonchev–Trinajstić information content (AvgIpc) is 2.37. The lowest BCUT2D eigenvalue weighted by Gasteiger charge is -2.13. The predicted octanol–water partition coefficient (Wildman–Crippen LogP) is 4.25. The Morgan fingerprint density at radius 3 is 2.48 bits per heavy atom. The molecule has 3 nitrogen and oxygen atoms in total. The standard InChI is InChI=1S/C13H10BrF2NO2S2/c1-20-12-5-3-2-4-11(12)17-21(18,19)13-9(14)6-8(15)7-10(13)16/h2-7,17H,1H3. The molecule has 0 aromatic heterocycles. The fourth-order valence-electron chi connectivity index (χ4n) is 1.71. The molecule has 2 rings (SSSR count). The van der Waals surface area contributed by atoms with Crippen LogP contribution in [-0.4, -0.2) is 14.7 Å². The van der Waals surface area contributed by atoms with E-state index in [1.165, 1.54) is 11.8 Å². The van der Waals surface area contributed by atoms with E-state index in [9.17, 15) is 17.2 Å². The van der Waals surface area contributed by atoms with Crippen LogP contribution in [0.15, 0.2) is 50.7 Å². The minimum Gasteiger partial charge on any atom is -0.278 e. The molecule has 0 amide bonds. The maximum Gasteiger partial charge on any atom is 0.265 e. The van der Waals surface area contributed by atoms with Gasteiger partial charge in [-0.05, 0) is 40.4 Å². The number of sulfonamides is 1. The predicted molar refractivity (Wildman–Crippen MR) is 83.1 cm³/mol. The second kappa shape index (κ2) is 6.33. The van der Waals surface area contributed by atoms with Crippen LogP contribution in [-0.2, 0) is 10.0 Å². The van der Waals surface area contributed by atoms with Crippen molar-refractivity contribution in [3.63, 3.8) is 0 Å². The van der Waals surface area contributed by atoms with Gasteiger partial charge in [0.05, 0.1) is 5.69 Å². The third-order valence-electron chi connectivity index (χ3n) is 2.58. The van der Waals surface area contributed by atoms with Crippen LogP contribution < -0.4 is 4.72 Å². The summed E-state index contributed by atoms with van der Waals surface area (Å²) in [5, 5.41) is 0. The van der Waals surface area contributed by atoms with E-state index >= 15 is 0 Å². The van der Waals surface area contributed by atoms with E-state index in [1.54, 1.807) is 30.5 Å². The monoisotopic (exact) mass is 393 g/mol. The normalized spacial score (nSPS) is 11.4. The van der Waals surface area contributed by atoms with E-state index in [-0.39, 0.29) is 4.47 Å². The highest BCUT2D eigenvalue weighted by atomic mass is 79.9. The Balaban J connectivity index is 2.49. The van der Waals surface area contributed by atoms with Gasteiger partial charge in [0.2, 0.25) is 0 Å². The Kier molecular flexibility index (Phi) is 4.90. The lowest BCUT2D eigenvalue weighted by molar-refractivity contribution is 0.548. The summed E-state index contributed by atoms with van der Waals surface area (Å²) in [6.45, 7) is 0. The highest BCUT2D eigenvalue weighted by Gasteiger charge is 2.24. The smallest absolute Gasteiger partial charge is 0.265 e. The van der Waals surface area contributed by atoms with Crippen molar-refractivity contribution in [2.75, 3.05) is 11.0 Å². The molecular weight excluding hydrogens is 384 g/mol. The molecule has 0 atom stereocenters. The second-order valence-corrected chi connectivity index (χ2v) is 7.33. The first-order chi connectivity index (χ1) is 9.85. The Morgan fingerprint density at radius 1 is 1.19 bits per heavy atom. The Morgan fingerprint density at radius 2 is 1.86 bits per heavy atom. The largest absolute Gasteiger partial charge is 0.278 e. The van der Waals surface area contributed by atoms with E-state index in [4.69, 9.17) is 0 Å². The zero-order valence-corrected chi connectivity index (χ0v) is 13.9. The summed E-state index contributed by atoms with van der Waals surface area (Å²) in [5.74, 6) is -2.01. The lowest BCUT2D eigenvalue weighted by atomic mass is 10.3. The van der Waals surface area contributed by atoms with Crippen molar-refractivity contribution in [2.24, 2.45) is 0 Å². The second-order valence-electron chi connectivity index (χ2n) is 4.00. The molecule has 0 heterocycles. The summed E-state index contributed by atoms with van der Waals surface area (Å²) in [5.41, 5.74) is 0.334. The first kappa shape index (κ1) is 16.3. The van der Waals surface area contributed by atoms with Gasteiger partial charge in [0.25, 0.3) is 10.0 Å². The molecule has 2 aromatic carbocycles. The molecule has 0 fully saturated rings. The van der Waals surface area contributed by atoms with Crippen LogP contribution in [0.3, 0.4) is 0 Å². The highest BCUT2D eigenvalue weighted by molar-refractivity contribution is 9.10. The molecule has 0 radical (unpaired) electrons. The maximum atomic E-state index is 13.8. The topological polar surface area (TPSA) is 46.2 Å². The van der Waals surface area contributed by atoms with Gasteiger partial charge < -0.3 is 0 Å². The summed E-state index contributed by atoms with van der Waals surface area (Å²) in [6.07, 6.45) is 1.79. The van der Waals surface area contributed by atoms with Crippen molar-refractivity contribution >= 4 is 43.4 Å². The molecule has 0 unspecified atom stereocenters. The molecule has 0 saturated carbocycles. The summed E-state index contributed by atoms with van der Waals surface area (Å²) >= 11 is 4.23. The van der Waals surface area contributed by atoms with E-state index < -0.39 is 26.6 Å². The van der Waals surface area contributed by atoms with Gasteiger partial charge in [-0.2, -0.15) is 0 Å². The molecule has 21 heavy (non-hydrogen) atoms.